The molecule has 1 unspecified atom stereocenters. The number of carbonyl (C=O) groups excluding carboxylic acids is 2. The predicted molar refractivity (Wildman–Crippen MR) is 157 cm³/mol. The largest absolute Gasteiger partial charge is 0.458 e. The zero-order valence-electron chi connectivity index (χ0n) is 24.6. The Morgan fingerprint density at radius 3 is 2.31 bits per heavy atom. The maximum Gasteiger partial charge on any atom is 0.330 e. The van der Waals surface area contributed by atoms with Crippen molar-refractivity contribution in [3.05, 3.63) is 46.6 Å². The second kappa shape index (κ2) is 11.8. The van der Waals surface area contributed by atoms with E-state index in [4.69, 9.17) is 9.72 Å². The number of pyridine rings is 1. The van der Waals surface area contributed by atoms with Crippen molar-refractivity contribution in [2.45, 2.75) is 66.5 Å². The van der Waals surface area contributed by atoms with Crippen molar-refractivity contribution in [3.8, 4) is 0 Å². The van der Waals surface area contributed by atoms with Gasteiger partial charge in [0.25, 0.3) is 0 Å². The van der Waals surface area contributed by atoms with E-state index < -0.39 is 11.6 Å². The fraction of sp³-hybridized carbons (Fsp3) is 0.567. The van der Waals surface area contributed by atoms with E-state index in [1.54, 1.807) is 0 Å². The second-order valence-electron chi connectivity index (χ2n) is 11.7. The lowest BCUT2D eigenvalue weighted by atomic mass is 10.1. The Labute approximate surface area is 232 Å². The molecule has 0 radical (unpaired) electrons. The SMILES string of the molecule is CCc1cc(NC(=O)N2CCN(c3cc(C)cc(C)c3)CC2)c(N2CCNCC2C(=O)OC(C)(C)C)nc1C. The highest BCUT2D eigenvalue weighted by molar-refractivity contribution is 5.94. The van der Waals surface area contributed by atoms with Crippen molar-refractivity contribution >= 4 is 29.2 Å². The molecule has 2 aliphatic heterocycles. The van der Waals surface area contributed by atoms with Gasteiger partial charge >= 0.3 is 12.0 Å². The first-order valence-electron chi connectivity index (χ1n) is 14.0. The number of urea groups is 1. The summed E-state index contributed by atoms with van der Waals surface area (Å²) >= 11 is 0. The summed E-state index contributed by atoms with van der Waals surface area (Å²) in [6.45, 7) is 18.4. The van der Waals surface area contributed by atoms with Crippen molar-refractivity contribution < 1.29 is 14.3 Å². The summed E-state index contributed by atoms with van der Waals surface area (Å²) in [5.41, 5.74) is 5.70. The number of amides is 2. The third kappa shape index (κ3) is 7.01. The Hall–Kier alpha value is -3.33. The van der Waals surface area contributed by atoms with Gasteiger partial charge in [0, 0.05) is 57.2 Å². The number of aryl methyl sites for hydroxylation is 4. The quantitative estimate of drug-likeness (QED) is 0.558. The molecule has 0 bridgehead atoms. The van der Waals surface area contributed by atoms with Crippen LogP contribution in [0.2, 0.25) is 0 Å². The molecule has 9 nitrogen and oxygen atoms in total. The Kier molecular flexibility index (Phi) is 8.69. The number of rotatable bonds is 5. The minimum atomic E-state index is -0.591. The highest BCUT2D eigenvalue weighted by Gasteiger charge is 2.35. The Bertz CT molecular complexity index is 1180. The van der Waals surface area contributed by atoms with Crippen LogP contribution in [0.1, 0.15) is 50.1 Å². The highest BCUT2D eigenvalue weighted by atomic mass is 16.6. The minimum absolute atomic E-state index is 0.145. The number of hydrogen-bond donors (Lipinski definition) is 2. The molecule has 2 N–H and O–H groups in total. The summed E-state index contributed by atoms with van der Waals surface area (Å²) in [4.78, 5) is 37.7. The lowest BCUT2D eigenvalue weighted by Gasteiger charge is -2.39. The predicted octanol–water partition coefficient (Wildman–Crippen LogP) is 4.04. The molecular weight excluding hydrogens is 492 g/mol. The molecule has 9 heteroatoms. The van der Waals surface area contributed by atoms with Gasteiger partial charge in [0.15, 0.2) is 5.82 Å². The molecule has 1 aromatic heterocycles. The maximum atomic E-state index is 13.5. The Morgan fingerprint density at radius 1 is 1.03 bits per heavy atom. The van der Waals surface area contributed by atoms with E-state index in [1.165, 1.54) is 16.8 Å². The number of nitrogens with zero attached hydrogens (tertiary/aromatic N) is 4. The zero-order valence-corrected chi connectivity index (χ0v) is 24.6. The number of benzene rings is 1. The van der Waals surface area contributed by atoms with Gasteiger partial charge in [-0.05, 0) is 82.9 Å². The van der Waals surface area contributed by atoms with Crippen LogP contribution in [0, 0.1) is 20.8 Å². The molecule has 2 saturated heterocycles. The number of hydrogen-bond acceptors (Lipinski definition) is 7. The van der Waals surface area contributed by atoms with E-state index in [1.807, 2.05) is 43.6 Å². The van der Waals surface area contributed by atoms with Crippen LogP contribution in [0.25, 0.3) is 0 Å². The van der Waals surface area contributed by atoms with Gasteiger partial charge in [0.1, 0.15) is 11.6 Å². The number of piperazine rings is 2. The molecule has 4 rings (SSSR count). The lowest BCUT2D eigenvalue weighted by Crippen LogP contribution is -2.57. The number of nitrogens with one attached hydrogen (secondary N) is 2. The van der Waals surface area contributed by atoms with Gasteiger partial charge in [0.05, 0.1) is 5.69 Å². The summed E-state index contributed by atoms with van der Waals surface area (Å²) < 4.78 is 5.73. The van der Waals surface area contributed by atoms with Crippen LogP contribution in [0.4, 0.5) is 22.0 Å². The molecule has 2 fully saturated rings. The van der Waals surface area contributed by atoms with Crippen molar-refractivity contribution in [1.82, 2.24) is 15.2 Å². The summed E-state index contributed by atoms with van der Waals surface area (Å²) in [6, 6.07) is 7.91. The average Bonchev–Trinajstić information content (AvgIpc) is 2.88. The highest BCUT2D eigenvalue weighted by Crippen LogP contribution is 2.30. The monoisotopic (exact) mass is 536 g/mol. The van der Waals surface area contributed by atoms with E-state index >= 15 is 0 Å². The van der Waals surface area contributed by atoms with Gasteiger partial charge in [-0.25, -0.2) is 14.6 Å². The molecule has 0 saturated carbocycles. The zero-order chi connectivity index (χ0) is 28.3. The normalized spacial score (nSPS) is 18.2. The van der Waals surface area contributed by atoms with Gasteiger partial charge in [0.2, 0.25) is 0 Å². The molecule has 2 aliphatic rings. The lowest BCUT2D eigenvalue weighted by molar-refractivity contribution is -0.156. The van der Waals surface area contributed by atoms with E-state index in [-0.39, 0.29) is 12.0 Å². The van der Waals surface area contributed by atoms with Gasteiger partial charge in [-0.2, -0.15) is 0 Å². The van der Waals surface area contributed by atoms with Crippen molar-refractivity contribution in [2.24, 2.45) is 0 Å². The second-order valence-corrected chi connectivity index (χ2v) is 11.7. The fourth-order valence-corrected chi connectivity index (χ4v) is 5.34. The van der Waals surface area contributed by atoms with Gasteiger partial charge in [-0.3, -0.25) is 0 Å². The average molecular weight is 537 g/mol. The van der Waals surface area contributed by atoms with Crippen LogP contribution in [-0.2, 0) is 16.0 Å². The minimum Gasteiger partial charge on any atom is -0.458 e. The summed E-state index contributed by atoms with van der Waals surface area (Å²) in [7, 11) is 0. The Balaban J connectivity index is 1.53. The molecule has 3 heterocycles. The van der Waals surface area contributed by atoms with Gasteiger partial charge in [-0.1, -0.05) is 13.0 Å². The molecule has 39 heavy (non-hydrogen) atoms. The number of aromatic nitrogens is 1. The standard InChI is InChI=1S/C30H44N6O3/c1-8-23-18-25(27(32-22(23)4)36-10-9-31-19-26(36)28(37)39-30(5,6)7)33-29(38)35-13-11-34(12-14-35)24-16-20(2)15-21(3)17-24/h15-18,26,31H,8-14,19H2,1-7H3,(H,33,38). The van der Waals surface area contributed by atoms with Gasteiger partial charge < -0.3 is 30.1 Å². The fourth-order valence-electron chi connectivity index (χ4n) is 5.34. The number of carbonyl (C=O) groups is 2. The summed E-state index contributed by atoms with van der Waals surface area (Å²) in [5, 5.41) is 6.46. The number of ether oxygens (including phenoxy) is 1. The van der Waals surface area contributed by atoms with Crippen LogP contribution < -0.4 is 20.4 Å². The van der Waals surface area contributed by atoms with Crippen LogP contribution in [0.15, 0.2) is 24.3 Å². The molecule has 1 aromatic carbocycles. The molecule has 0 aliphatic carbocycles. The van der Waals surface area contributed by atoms with E-state index in [0.29, 0.717) is 44.2 Å². The molecule has 2 amide bonds. The van der Waals surface area contributed by atoms with E-state index in [9.17, 15) is 9.59 Å². The number of anilines is 3. The first kappa shape index (κ1) is 28.7. The first-order chi connectivity index (χ1) is 18.4. The Morgan fingerprint density at radius 2 is 1.69 bits per heavy atom. The number of esters is 1. The molecule has 1 atom stereocenters. The van der Waals surface area contributed by atoms with Crippen LogP contribution in [0.5, 0.6) is 0 Å². The first-order valence-corrected chi connectivity index (χ1v) is 14.0. The van der Waals surface area contributed by atoms with Crippen molar-refractivity contribution in [1.29, 1.82) is 0 Å². The van der Waals surface area contributed by atoms with E-state index in [2.05, 4.69) is 54.5 Å². The van der Waals surface area contributed by atoms with Crippen LogP contribution >= 0.6 is 0 Å². The molecule has 2 aromatic rings. The van der Waals surface area contributed by atoms with Crippen molar-refractivity contribution in [3.63, 3.8) is 0 Å². The maximum absolute atomic E-state index is 13.5. The molecule has 212 valence electrons. The summed E-state index contributed by atoms with van der Waals surface area (Å²) in [6.07, 6.45) is 0.799. The molecule has 0 spiro atoms. The topological polar surface area (TPSA) is 90.0 Å². The third-order valence-electron chi connectivity index (χ3n) is 7.25. The third-order valence-corrected chi connectivity index (χ3v) is 7.25. The smallest absolute Gasteiger partial charge is 0.330 e. The summed E-state index contributed by atoms with van der Waals surface area (Å²) in [5.74, 6) is 0.317. The van der Waals surface area contributed by atoms with E-state index in [0.717, 1.165) is 30.8 Å². The van der Waals surface area contributed by atoms with Crippen LogP contribution in [-0.4, -0.2) is 79.3 Å². The van der Waals surface area contributed by atoms with Gasteiger partial charge in [-0.15, -0.1) is 0 Å². The van der Waals surface area contributed by atoms with Crippen molar-refractivity contribution in [2.75, 3.05) is 60.9 Å². The molecular formula is C30H44N6O3. The van der Waals surface area contributed by atoms with Crippen LogP contribution in [0.3, 0.4) is 0 Å².